The molecule has 0 aromatic carbocycles. The van der Waals surface area contributed by atoms with E-state index in [0.29, 0.717) is 32.0 Å². The third-order valence-corrected chi connectivity index (χ3v) is 9.23. The lowest BCUT2D eigenvalue weighted by Gasteiger charge is -2.62. The minimum absolute atomic E-state index is 0.150. The first-order valence-electron chi connectivity index (χ1n) is 12.9. The maximum absolute atomic E-state index is 13.7. The van der Waals surface area contributed by atoms with Crippen LogP contribution in [-0.2, 0) is 23.8 Å². The highest BCUT2D eigenvalue weighted by atomic mass is 16.7. The molecule has 8 nitrogen and oxygen atoms in total. The fraction of sp³-hybridized carbons (Fsp3) is 0.880. The van der Waals surface area contributed by atoms with Crippen LogP contribution in [0.15, 0.2) is 0 Å². The Kier molecular flexibility index (Phi) is 6.42. The molecule has 0 aromatic heterocycles. The molecule has 5 fully saturated rings. The minimum Gasteiger partial charge on any atom is -0.436 e. The fourth-order valence-corrected chi connectivity index (χ4v) is 8.22. The van der Waals surface area contributed by atoms with Crippen molar-refractivity contribution in [1.29, 1.82) is 0 Å². The van der Waals surface area contributed by atoms with Crippen LogP contribution in [0.5, 0.6) is 0 Å². The average molecular weight is 463 g/mol. The van der Waals surface area contributed by atoms with Crippen LogP contribution in [0.3, 0.4) is 0 Å². The molecule has 2 amide bonds. The summed E-state index contributed by atoms with van der Waals surface area (Å²) in [6.45, 7) is 1.96. The summed E-state index contributed by atoms with van der Waals surface area (Å²) >= 11 is 0. The molecule has 5 aliphatic rings. The van der Waals surface area contributed by atoms with Crippen molar-refractivity contribution >= 4 is 18.3 Å². The van der Waals surface area contributed by atoms with Crippen molar-refractivity contribution in [3.8, 4) is 0 Å². The monoisotopic (exact) mass is 462 g/mol. The van der Waals surface area contributed by atoms with E-state index >= 15 is 0 Å². The summed E-state index contributed by atoms with van der Waals surface area (Å²) in [5.74, 6) is 0.632. The molecule has 0 aromatic rings. The number of piperidine rings is 1. The van der Waals surface area contributed by atoms with Crippen LogP contribution in [-0.4, -0.2) is 79.4 Å². The number of nitrogens with zero attached hydrogens (tertiary/aromatic N) is 2. The third-order valence-electron chi connectivity index (χ3n) is 9.23. The van der Waals surface area contributed by atoms with Gasteiger partial charge < -0.3 is 19.1 Å². The van der Waals surface area contributed by atoms with Gasteiger partial charge in [-0.25, -0.2) is 4.79 Å². The lowest BCUT2D eigenvalue weighted by Crippen LogP contribution is -2.76. The zero-order valence-electron chi connectivity index (χ0n) is 19.8. The first-order chi connectivity index (χ1) is 16.1. The largest absolute Gasteiger partial charge is 0.436 e. The van der Waals surface area contributed by atoms with Gasteiger partial charge in [0.1, 0.15) is 12.3 Å². The molecule has 33 heavy (non-hydrogen) atoms. The molecular weight excluding hydrogens is 424 g/mol. The van der Waals surface area contributed by atoms with E-state index in [-0.39, 0.29) is 30.1 Å². The maximum Gasteiger partial charge on any atom is 0.411 e. The molecule has 4 bridgehead atoms. The summed E-state index contributed by atoms with van der Waals surface area (Å²) in [4.78, 5) is 42.9. The summed E-state index contributed by atoms with van der Waals surface area (Å²) < 4.78 is 16.9. The average Bonchev–Trinajstić information content (AvgIpc) is 3.21. The lowest BCUT2D eigenvalue weighted by atomic mass is 9.51. The second-order valence-corrected chi connectivity index (χ2v) is 10.9. The van der Waals surface area contributed by atoms with E-state index in [1.54, 1.807) is 7.11 Å². The van der Waals surface area contributed by atoms with Crippen molar-refractivity contribution in [2.75, 3.05) is 33.6 Å². The predicted octanol–water partition coefficient (Wildman–Crippen LogP) is 3.13. The Labute approximate surface area is 196 Å². The van der Waals surface area contributed by atoms with Crippen LogP contribution in [0.25, 0.3) is 0 Å². The third kappa shape index (κ3) is 3.51. The molecular formula is C25H38N2O6. The molecule has 1 spiro atoms. The quantitative estimate of drug-likeness (QED) is 0.355. The number of carbonyl (C=O) groups is 3. The summed E-state index contributed by atoms with van der Waals surface area (Å²) in [7, 11) is 1.62. The molecule has 1 saturated carbocycles. The molecule has 4 saturated heterocycles. The van der Waals surface area contributed by atoms with E-state index in [0.717, 1.165) is 51.2 Å². The highest BCUT2D eigenvalue weighted by Gasteiger charge is 2.77. The number of aldehydes is 1. The Morgan fingerprint density at radius 3 is 2.64 bits per heavy atom. The zero-order valence-corrected chi connectivity index (χ0v) is 19.8. The molecule has 5 rings (SSSR count). The van der Waals surface area contributed by atoms with Gasteiger partial charge in [-0.05, 0) is 37.5 Å². The van der Waals surface area contributed by atoms with Crippen LogP contribution in [0.1, 0.15) is 70.6 Å². The van der Waals surface area contributed by atoms with Gasteiger partial charge in [-0.3, -0.25) is 14.5 Å². The smallest absolute Gasteiger partial charge is 0.411 e. The van der Waals surface area contributed by atoms with E-state index in [2.05, 4.69) is 0 Å². The first-order valence-corrected chi connectivity index (χ1v) is 12.9. The minimum atomic E-state index is -0.835. The lowest BCUT2D eigenvalue weighted by molar-refractivity contribution is -0.183. The van der Waals surface area contributed by atoms with Gasteiger partial charge in [0.25, 0.3) is 0 Å². The fourth-order valence-electron chi connectivity index (χ4n) is 8.22. The van der Waals surface area contributed by atoms with Gasteiger partial charge in [-0.15, -0.1) is 0 Å². The van der Waals surface area contributed by atoms with Gasteiger partial charge in [0.15, 0.2) is 12.4 Å². The standard InChI is InChI=1S/C25H38N2O6/c1-31-17-32-16-24-11-8-6-4-2-3-5-7-9-21(29)26-12-10-19-18(13-24)14-27-23(30)33-20(15-28)25(19,27)22(24)26/h15,18-20,22H,2-14,16-17H2,1H3/t18-,19+,20+,22-,24-,25+/m0/s1. The van der Waals surface area contributed by atoms with Gasteiger partial charge in [-0.2, -0.15) is 0 Å². The van der Waals surface area contributed by atoms with Crippen LogP contribution >= 0.6 is 0 Å². The second kappa shape index (κ2) is 9.17. The number of rotatable bonds is 5. The predicted molar refractivity (Wildman–Crippen MR) is 119 cm³/mol. The van der Waals surface area contributed by atoms with Crippen molar-refractivity contribution < 1.29 is 28.6 Å². The number of cyclic esters (lactones) is 1. The number of carbonyl (C=O) groups excluding carboxylic acids is 3. The topological polar surface area (TPSA) is 85.4 Å². The summed E-state index contributed by atoms with van der Waals surface area (Å²) in [6, 6.07) is -0.269. The zero-order chi connectivity index (χ0) is 23.1. The normalized spacial score (nSPS) is 41.0. The summed E-state index contributed by atoms with van der Waals surface area (Å²) in [6.07, 6.45) is 10.5. The first kappa shape index (κ1) is 23.1. The van der Waals surface area contributed by atoms with E-state index in [1.807, 2.05) is 9.80 Å². The van der Waals surface area contributed by atoms with Crippen molar-refractivity contribution in [2.45, 2.75) is 88.3 Å². The Bertz CT molecular complexity index is 776. The molecule has 8 heteroatoms. The van der Waals surface area contributed by atoms with Crippen molar-refractivity contribution in [2.24, 2.45) is 17.3 Å². The summed E-state index contributed by atoms with van der Waals surface area (Å²) in [5, 5.41) is 0. The number of hydrogen-bond donors (Lipinski definition) is 0. The Hall–Kier alpha value is -1.67. The Morgan fingerprint density at radius 1 is 1.12 bits per heavy atom. The van der Waals surface area contributed by atoms with Crippen LogP contribution in [0, 0.1) is 17.3 Å². The molecule has 6 atom stereocenters. The van der Waals surface area contributed by atoms with Gasteiger partial charge in [0.05, 0.1) is 12.6 Å². The molecule has 4 aliphatic heterocycles. The van der Waals surface area contributed by atoms with Gasteiger partial charge in [-0.1, -0.05) is 38.5 Å². The second-order valence-electron chi connectivity index (χ2n) is 10.9. The van der Waals surface area contributed by atoms with Crippen LogP contribution in [0.4, 0.5) is 4.79 Å². The molecule has 1 aliphatic carbocycles. The highest BCUT2D eigenvalue weighted by Crippen LogP contribution is 2.64. The van der Waals surface area contributed by atoms with Gasteiger partial charge in [0.2, 0.25) is 5.91 Å². The van der Waals surface area contributed by atoms with E-state index in [9.17, 15) is 14.4 Å². The molecule has 184 valence electrons. The number of amides is 2. The number of methoxy groups -OCH3 is 1. The molecule has 0 N–H and O–H groups in total. The van der Waals surface area contributed by atoms with Crippen LogP contribution in [0.2, 0.25) is 0 Å². The maximum atomic E-state index is 13.7. The Balaban J connectivity index is 1.62. The molecule has 4 heterocycles. The molecule has 0 unspecified atom stereocenters. The summed E-state index contributed by atoms with van der Waals surface area (Å²) in [5.41, 5.74) is -1.10. The van der Waals surface area contributed by atoms with Crippen molar-refractivity contribution in [3.05, 3.63) is 0 Å². The van der Waals surface area contributed by atoms with E-state index in [1.165, 1.54) is 19.3 Å². The SMILES string of the molecule is COCOC[C@@]12CCCCCCCCCC(=O)N3CC[C@@H]4[C@H](CN5C(=O)O[C@H](C=O)[C@@]45[C@@H]31)C2. The van der Waals surface area contributed by atoms with Gasteiger partial charge >= 0.3 is 6.09 Å². The number of ether oxygens (including phenoxy) is 3. The van der Waals surface area contributed by atoms with E-state index in [4.69, 9.17) is 14.2 Å². The van der Waals surface area contributed by atoms with E-state index < -0.39 is 17.7 Å². The van der Waals surface area contributed by atoms with Crippen molar-refractivity contribution in [1.82, 2.24) is 9.80 Å². The van der Waals surface area contributed by atoms with Crippen molar-refractivity contribution in [3.63, 3.8) is 0 Å². The molecule has 0 radical (unpaired) electrons. The van der Waals surface area contributed by atoms with Gasteiger partial charge in [0, 0.05) is 32.0 Å². The number of hydrogen-bond acceptors (Lipinski definition) is 6. The van der Waals surface area contributed by atoms with Crippen LogP contribution < -0.4 is 0 Å². The highest BCUT2D eigenvalue weighted by molar-refractivity contribution is 5.82. The Morgan fingerprint density at radius 2 is 1.88 bits per heavy atom.